The molecule has 1 aromatic heterocycles. The molecule has 0 spiro atoms. The lowest BCUT2D eigenvalue weighted by Gasteiger charge is -2.37. The van der Waals surface area contributed by atoms with Crippen molar-refractivity contribution in [2.24, 2.45) is 5.73 Å². The van der Waals surface area contributed by atoms with E-state index in [1.807, 2.05) is 6.07 Å². The van der Waals surface area contributed by atoms with Crippen LogP contribution in [0.4, 0.5) is 5.82 Å². The maximum absolute atomic E-state index is 11.0. The van der Waals surface area contributed by atoms with Gasteiger partial charge < -0.3 is 10.6 Å². The normalized spacial score (nSPS) is 17.2. The molecular weight excluding hydrogens is 228 g/mol. The summed E-state index contributed by atoms with van der Waals surface area (Å²) in [5.74, 6) is 0.488. The highest BCUT2D eigenvalue weighted by atomic mass is 16.1. The molecule has 5 heteroatoms. The molecule has 2 rings (SSSR count). The third-order valence-corrected chi connectivity index (χ3v) is 3.40. The Bertz CT molecular complexity index is 408. The van der Waals surface area contributed by atoms with Crippen LogP contribution in [0.25, 0.3) is 0 Å². The largest absolute Gasteiger partial charge is 0.366 e. The monoisotopic (exact) mass is 248 g/mol. The lowest BCUT2D eigenvalue weighted by molar-refractivity contribution is 0.1000. The third kappa shape index (κ3) is 2.79. The summed E-state index contributed by atoms with van der Waals surface area (Å²) in [5, 5.41) is 0. The van der Waals surface area contributed by atoms with Crippen molar-refractivity contribution in [3.63, 3.8) is 0 Å². The van der Waals surface area contributed by atoms with Gasteiger partial charge in [0.1, 0.15) is 5.82 Å². The molecule has 0 atom stereocenters. The third-order valence-electron chi connectivity index (χ3n) is 3.40. The zero-order valence-electron chi connectivity index (χ0n) is 11.0. The van der Waals surface area contributed by atoms with Crippen LogP contribution in [0.1, 0.15) is 24.2 Å². The molecule has 1 aliphatic rings. The molecule has 1 aromatic rings. The van der Waals surface area contributed by atoms with E-state index in [0.29, 0.717) is 11.6 Å². The van der Waals surface area contributed by atoms with E-state index in [4.69, 9.17) is 5.73 Å². The number of hydrogen-bond donors (Lipinski definition) is 1. The standard InChI is InChI=1S/C13H20N4O/c1-10(2)16-5-7-17(8-6-16)12-4-3-11(9-15-12)13(14)18/h3-4,9-10H,5-8H2,1-2H3,(H2,14,18). The van der Waals surface area contributed by atoms with E-state index in [9.17, 15) is 4.79 Å². The number of anilines is 1. The minimum atomic E-state index is -0.432. The number of nitrogens with zero attached hydrogens (tertiary/aromatic N) is 3. The number of piperazine rings is 1. The van der Waals surface area contributed by atoms with Gasteiger partial charge in [-0.15, -0.1) is 0 Å². The quantitative estimate of drug-likeness (QED) is 0.855. The van der Waals surface area contributed by atoms with Gasteiger partial charge in [0.2, 0.25) is 5.91 Å². The number of carbonyl (C=O) groups excluding carboxylic acids is 1. The second-order valence-corrected chi connectivity index (χ2v) is 4.89. The predicted molar refractivity (Wildman–Crippen MR) is 71.7 cm³/mol. The van der Waals surface area contributed by atoms with Crippen LogP contribution in [-0.4, -0.2) is 48.0 Å². The van der Waals surface area contributed by atoms with Crippen LogP contribution in [0.3, 0.4) is 0 Å². The van der Waals surface area contributed by atoms with Crippen molar-refractivity contribution in [2.45, 2.75) is 19.9 Å². The molecule has 1 amide bonds. The minimum Gasteiger partial charge on any atom is -0.366 e. The summed E-state index contributed by atoms with van der Waals surface area (Å²) in [4.78, 5) is 20.0. The van der Waals surface area contributed by atoms with Crippen molar-refractivity contribution in [3.05, 3.63) is 23.9 Å². The molecule has 0 aromatic carbocycles. The summed E-state index contributed by atoms with van der Waals surface area (Å²) in [6.45, 7) is 8.49. The fourth-order valence-corrected chi connectivity index (χ4v) is 2.19. The Labute approximate surface area is 108 Å². The molecule has 5 nitrogen and oxygen atoms in total. The maximum Gasteiger partial charge on any atom is 0.250 e. The van der Waals surface area contributed by atoms with Gasteiger partial charge in [-0.25, -0.2) is 4.98 Å². The summed E-state index contributed by atoms with van der Waals surface area (Å²) in [5.41, 5.74) is 5.65. The maximum atomic E-state index is 11.0. The molecule has 98 valence electrons. The molecule has 0 unspecified atom stereocenters. The van der Waals surface area contributed by atoms with E-state index in [-0.39, 0.29) is 0 Å². The highest BCUT2D eigenvalue weighted by molar-refractivity contribution is 5.92. The molecule has 2 heterocycles. The molecule has 0 saturated carbocycles. The van der Waals surface area contributed by atoms with Gasteiger partial charge in [0, 0.05) is 38.4 Å². The number of primary amides is 1. The van der Waals surface area contributed by atoms with Crippen molar-refractivity contribution >= 4 is 11.7 Å². The number of aromatic nitrogens is 1. The lowest BCUT2D eigenvalue weighted by atomic mass is 10.2. The van der Waals surface area contributed by atoms with Gasteiger partial charge in [-0.05, 0) is 26.0 Å². The summed E-state index contributed by atoms with van der Waals surface area (Å²) >= 11 is 0. The van der Waals surface area contributed by atoms with Crippen LogP contribution in [-0.2, 0) is 0 Å². The number of carbonyl (C=O) groups is 1. The Balaban J connectivity index is 1.99. The van der Waals surface area contributed by atoms with Crippen molar-refractivity contribution in [2.75, 3.05) is 31.1 Å². The van der Waals surface area contributed by atoms with Crippen molar-refractivity contribution in [3.8, 4) is 0 Å². The molecule has 0 bridgehead atoms. The predicted octanol–water partition coefficient (Wildman–Crippen LogP) is 0.711. The van der Waals surface area contributed by atoms with Crippen LogP contribution >= 0.6 is 0 Å². The van der Waals surface area contributed by atoms with E-state index in [0.717, 1.165) is 32.0 Å². The smallest absolute Gasteiger partial charge is 0.250 e. The molecule has 0 radical (unpaired) electrons. The minimum absolute atomic E-state index is 0.432. The SMILES string of the molecule is CC(C)N1CCN(c2ccc(C(N)=O)cn2)CC1. The Kier molecular flexibility index (Phi) is 3.81. The van der Waals surface area contributed by atoms with Gasteiger partial charge in [-0.1, -0.05) is 0 Å². The summed E-state index contributed by atoms with van der Waals surface area (Å²) < 4.78 is 0. The molecule has 0 aliphatic carbocycles. The molecule has 18 heavy (non-hydrogen) atoms. The molecule has 1 aliphatic heterocycles. The van der Waals surface area contributed by atoms with Crippen LogP contribution in [0.5, 0.6) is 0 Å². The van der Waals surface area contributed by atoms with E-state index in [1.165, 1.54) is 0 Å². The van der Waals surface area contributed by atoms with Gasteiger partial charge in [-0.2, -0.15) is 0 Å². The van der Waals surface area contributed by atoms with Gasteiger partial charge >= 0.3 is 0 Å². The van der Waals surface area contributed by atoms with Gasteiger partial charge in [-0.3, -0.25) is 9.69 Å². The first-order valence-electron chi connectivity index (χ1n) is 6.33. The first-order chi connectivity index (χ1) is 8.58. The van der Waals surface area contributed by atoms with E-state index in [2.05, 4.69) is 28.6 Å². The average Bonchev–Trinajstić information content (AvgIpc) is 2.39. The lowest BCUT2D eigenvalue weighted by Crippen LogP contribution is -2.49. The van der Waals surface area contributed by atoms with Crippen molar-refractivity contribution in [1.82, 2.24) is 9.88 Å². The Morgan fingerprint density at radius 1 is 1.28 bits per heavy atom. The number of nitrogens with two attached hydrogens (primary N) is 1. The first-order valence-corrected chi connectivity index (χ1v) is 6.33. The topological polar surface area (TPSA) is 62.5 Å². The van der Waals surface area contributed by atoms with E-state index < -0.39 is 5.91 Å². The van der Waals surface area contributed by atoms with Crippen LogP contribution in [0.15, 0.2) is 18.3 Å². The number of amides is 1. The van der Waals surface area contributed by atoms with Crippen LogP contribution in [0.2, 0.25) is 0 Å². The Morgan fingerprint density at radius 3 is 2.39 bits per heavy atom. The van der Waals surface area contributed by atoms with Gasteiger partial charge in [0.05, 0.1) is 5.56 Å². The summed E-state index contributed by atoms with van der Waals surface area (Å²) in [7, 11) is 0. The fourth-order valence-electron chi connectivity index (χ4n) is 2.19. The zero-order valence-corrected chi connectivity index (χ0v) is 11.0. The number of pyridine rings is 1. The van der Waals surface area contributed by atoms with E-state index in [1.54, 1.807) is 12.3 Å². The molecular formula is C13H20N4O. The summed E-state index contributed by atoms with van der Waals surface area (Å²) in [6.07, 6.45) is 1.55. The van der Waals surface area contributed by atoms with Crippen molar-refractivity contribution < 1.29 is 4.79 Å². The van der Waals surface area contributed by atoms with E-state index >= 15 is 0 Å². The second kappa shape index (κ2) is 5.35. The second-order valence-electron chi connectivity index (χ2n) is 4.89. The molecule has 2 N–H and O–H groups in total. The Morgan fingerprint density at radius 2 is 1.94 bits per heavy atom. The molecule has 1 saturated heterocycles. The van der Waals surface area contributed by atoms with Gasteiger partial charge in [0.25, 0.3) is 0 Å². The average molecular weight is 248 g/mol. The number of rotatable bonds is 3. The van der Waals surface area contributed by atoms with Crippen LogP contribution < -0.4 is 10.6 Å². The van der Waals surface area contributed by atoms with Crippen molar-refractivity contribution in [1.29, 1.82) is 0 Å². The highest BCUT2D eigenvalue weighted by Crippen LogP contribution is 2.14. The fraction of sp³-hybridized carbons (Fsp3) is 0.538. The first kappa shape index (κ1) is 12.8. The molecule has 1 fully saturated rings. The Hall–Kier alpha value is -1.62. The van der Waals surface area contributed by atoms with Gasteiger partial charge in [0.15, 0.2) is 0 Å². The number of hydrogen-bond acceptors (Lipinski definition) is 4. The summed E-state index contributed by atoms with van der Waals surface area (Å²) in [6, 6.07) is 4.20. The highest BCUT2D eigenvalue weighted by Gasteiger charge is 2.19. The zero-order chi connectivity index (χ0) is 13.1. The van der Waals surface area contributed by atoms with Crippen LogP contribution in [0, 0.1) is 0 Å².